The van der Waals surface area contributed by atoms with Gasteiger partial charge in [-0.1, -0.05) is 20.8 Å². The quantitative estimate of drug-likeness (QED) is 0.880. The second-order valence-corrected chi connectivity index (χ2v) is 5.34. The molecule has 0 saturated carbocycles. The number of hydrogen-bond acceptors (Lipinski definition) is 4. The molecule has 20 heavy (non-hydrogen) atoms. The van der Waals surface area contributed by atoms with Crippen LogP contribution in [0.4, 0.5) is 0 Å². The van der Waals surface area contributed by atoms with E-state index in [-0.39, 0.29) is 17.7 Å². The number of carbonyl (C=O) groups is 2. The standard InChI is InChI=1S/C14H20N4O2/c1-4-11-14(20)18(8-10-6-5-7-15-17-10)12(9(2)3)13(19)16-11/h5-7,9,11-12H,4,8H2,1-3H3,(H,16,19). The molecule has 1 N–H and O–H groups in total. The lowest BCUT2D eigenvalue weighted by Crippen LogP contribution is -2.64. The molecular formula is C14H20N4O2. The second kappa shape index (κ2) is 5.98. The molecule has 2 heterocycles. The zero-order valence-corrected chi connectivity index (χ0v) is 12.0. The SMILES string of the molecule is CCC1NC(=O)C(C(C)C)N(Cc2cccnn2)C1=O. The van der Waals surface area contributed by atoms with Gasteiger partial charge in [0.15, 0.2) is 0 Å². The smallest absolute Gasteiger partial charge is 0.246 e. The monoisotopic (exact) mass is 276 g/mol. The van der Waals surface area contributed by atoms with Crippen molar-refractivity contribution < 1.29 is 9.59 Å². The normalized spacial score (nSPS) is 23.1. The van der Waals surface area contributed by atoms with Crippen molar-refractivity contribution in [2.45, 2.75) is 45.8 Å². The first-order chi connectivity index (χ1) is 9.54. The summed E-state index contributed by atoms with van der Waals surface area (Å²) in [5, 5.41) is 10.6. The second-order valence-electron chi connectivity index (χ2n) is 5.34. The number of nitrogens with one attached hydrogen (secondary N) is 1. The lowest BCUT2D eigenvalue weighted by Gasteiger charge is -2.40. The first-order valence-corrected chi connectivity index (χ1v) is 6.92. The van der Waals surface area contributed by atoms with E-state index in [0.29, 0.717) is 18.7 Å². The average molecular weight is 276 g/mol. The highest BCUT2D eigenvalue weighted by Gasteiger charge is 2.41. The molecule has 1 saturated heterocycles. The number of carbonyl (C=O) groups excluding carboxylic acids is 2. The van der Waals surface area contributed by atoms with Crippen LogP contribution < -0.4 is 5.32 Å². The molecule has 1 aromatic heterocycles. The lowest BCUT2D eigenvalue weighted by molar-refractivity contribution is -0.152. The van der Waals surface area contributed by atoms with Gasteiger partial charge in [0.2, 0.25) is 11.8 Å². The van der Waals surface area contributed by atoms with Crippen LogP contribution in [-0.2, 0) is 16.1 Å². The Kier molecular flexibility index (Phi) is 4.32. The van der Waals surface area contributed by atoms with Crippen LogP contribution in [0.1, 0.15) is 32.9 Å². The van der Waals surface area contributed by atoms with Gasteiger partial charge in [-0.3, -0.25) is 9.59 Å². The Morgan fingerprint density at radius 1 is 1.40 bits per heavy atom. The molecule has 1 fully saturated rings. The van der Waals surface area contributed by atoms with Crippen LogP contribution in [0, 0.1) is 5.92 Å². The van der Waals surface area contributed by atoms with E-state index in [2.05, 4.69) is 15.5 Å². The third-order valence-electron chi connectivity index (χ3n) is 3.50. The minimum atomic E-state index is -0.452. The van der Waals surface area contributed by atoms with Gasteiger partial charge in [-0.05, 0) is 24.5 Å². The zero-order chi connectivity index (χ0) is 14.7. The summed E-state index contributed by atoms with van der Waals surface area (Å²) in [6.45, 7) is 6.08. The van der Waals surface area contributed by atoms with Crippen molar-refractivity contribution in [1.82, 2.24) is 20.4 Å². The van der Waals surface area contributed by atoms with Gasteiger partial charge in [0.05, 0.1) is 12.2 Å². The summed E-state index contributed by atoms with van der Waals surface area (Å²) in [7, 11) is 0. The third kappa shape index (κ3) is 2.79. The van der Waals surface area contributed by atoms with E-state index in [0.717, 1.165) is 0 Å². The summed E-state index contributed by atoms with van der Waals surface area (Å²) in [6.07, 6.45) is 2.18. The van der Waals surface area contributed by atoms with Gasteiger partial charge in [-0.25, -0.2) is 0 Å². The summed E-state index contributed by atoms with van der Waals surface area (Å²) in [5.74, 6) is -0.0831. The first-order valence-electron chi connectivity index (χ1n) is 6.92. The average Bonchev–Trinajstić information content (AvgIpc) is 2.43. The summed E-state index contributed by atoms with van der Waals surface area (Å²) in [4.78, 5) is 26.3. The van der Waals surface area contributed by atoms with Crippen LogP contribution in [0.15, 0.2) is 18.3 Å². The van der Waals surface area contributed by atoms with E-state index in [9.17, 15) is 9.59 Å². The van der Waals surface area contributed by atoms with E-state index in [1.54, 1.807) is 17.2 Å². The summed E-state index contributed by atoms with van der Waals surface area (Å²) >= 11 is 0. The molecule has 108 valence electrons. The van der Waals surface area contributed by atoms with Gasteiger partial charge in [-0.15, -0.1) is 0 Å². The zero-order valence-electron chi connectivity index (χ0n) is 12.0. The molecule has 2 atom stereocenters. The van der Waals surface area contributed by atoms with Gasteiger partial charge in [-0.2, -0.15) is 10.2 Å². The summed E-state index contributed by atoms with van der Waals surface area (Å²) in [6, 6.07) is 2.70. The number of hydrogen-bond donors (Lipinski definition) is 1. The predicted octanol–water partition coefficient (Wildman–Crippen LogP) is 0.738. The molecule has 6 heteroatoms. The van der Waals surface area contributed by atoms with Gasteiger partial charge in [0.1, 0.15) is 12.1 Å². The van der Waals surface area contributed by atoms with Gasteiger partial charge in [0, 0.05) is 6.20 Å². The fourth-order valence-corrected chi connectivity index (χ4v) is 2.51. The molecular weight excluding hydrogens is 256 g/mol. The van der Waals surface area contributed by atoms with Crippen LogP contribution >= 0.6 is 0 Å². The fourth-order valence-electron chi connectivity index (χ4n) is 2.51. The lowest BCUT2D eigenvalue weighted by atomic mass is 9.96. The molecule has 0 spiro atoms. The first kappa shape index (κ1) is 14.4. The van der Waals surface area contributed by atoms with Gasteiger partial charge >= 0.3 is 0 Å². The van der Waals surface area contributed by atoms with E-state index < -0.39 is 12.1 Å². The predicted molar refractivity (Wildman–Crippen MR) is 73.4 cm³/mol. The van der Waals surface area contributed by atoms with E-state index in [1.165, 1.54) is 0 Å². The molecule has 2 unspecified atom stereocenters. The van der Waals surface area contributed by atoms with Gasteiger partial charge in [0.25, 0.3) is 0 Å². The van der Waals surface area contributed by atoms with Crippen molar-refractivity contribution in [1.29, 1.82) is 0 Å². The van der Waals surface area contributed by atoms with Crippen molar-refractivity contribution in [2.24, 2.45) is 5.92 Å². The molecule has 1 aromatic rings. The Hall–Kier alpha value is -1.98. The third-order valence-corrected chi connectivity index (χ3v) is 3.50. The topological polar surface area (TPSA) is 75.2 Å². The Bertz CT molecular complexity index is 489. The minimum absolute atomic E-state index is 0.0450. The van der Waals surface area contributed by atoms with E-state index in [4.69, 9.17) is 0 Å². The maximum absolute atomic E-state index is 12.5. The number of amides is 2. The molecule has 0 aliphatic carbocycles. The Balaban J connectivity index is 2.27. The minimum Gasteiger partial charge on any atom is -0.343 e. The van der Waals surface area contributed by atoms with Gasteiger partial charge < -0.3 is 10.2 Å². The highest BCUT2D eigenvalue weighted by Crippen LogP contribution is 2.20. The molecule has 1 aliphatic heterocycles. The maximum atomic E-state index is 12.5. The highest BCUT2D eigenvalue weighted by molar-refractivity contribution is 5.97. The largest absolute Gasteiger partial charge is 0.343 e. The van der Waals surface area contributed by atoms with Crippen LogP contribution in [0.3, 0.4) is 0 Å². The van der Waals surface area contributed by atoms with Crippen LogP contribution in [-0.4, -0.2) is 39.0 Å². The number of aromatic nitrogens is 2. The van der Waals surface area contributed by atoms with Crippen molar-refractivity contribution in [3.63, 3.8) is 0 Å². The Labute approximate surface area is 118 Å². The molecule has 2 rings (SSSR count). The number of piperazine rings is 1. The summed E-state index contributed by atoms with van der Waals surface area (Å²) < 4.78 is 0. The fraction of sp³-hybridized carbons (Fsp3) is 0.571. The van der Waals surface area contributed by atoms with Crippen molar-refractivity contribution >= 4 is 11.8 Å². The number of nitrogens with zero attached hydrogens (tertiary/aromatic N) is 3. The molecule has 0 aromatic carbocycles. The molecule has 2 amide bonds. The Morgan fingerprint density at radius 3 is 2.70 bits per heavy atom. The van der Waals surface area contributed by atoms with Crippen LogP contribution in [0.2, 0.25) is 0 Å². The van der Waals surface area contributed by atoms with Crippen molar-refractivity contribution in [2.75, 3.05) is 0 Å². The van der Waals surface area contributed by atoms with Crippen LogP contribution in [0.5, 0.6) is 0 Å². The van der Waals surface area contributed by atoms with Crippen LogP contribution in [0.25, 0.3) is 0 Å². The highest BCUT2D eigenvalue weighted by atomic mass is 16.2. The van der Waals surface area contributed by atoms with Crippen molar-refractivity contribution in [3.8, 4) is 0 Å². The molecule has 6 nitrogen and oxygen atoms in total. The Morgan fingerprint density at radius 2 is 2.15 bits per heavy atom. The molecule has 0 radical (unpaired) electrons. The van der Waals surface area contributed by atoms with Crippen molar-refractivity contribution in [3.05, 3.63) is 24.0 Å². The molecule has 0 bridgehead atoms. The van der Waals surface area contributed by atoms with E-state index >= 15 is 0 Å². The maximum Gasteiger partial charge on any atom is 0.246 e. The molecule has 1 aliphatic rings. The van der Waals surface area contributed by atoms with E-state index in [1.807, 2.05) is 26.8 Å². The number of rotatable bonds is 4. The summed E-state index contributed by atoms with van der Waals surface area (Å²) in [5.41, 5.74) is 0.691.